The van der Waals surface area contributed by atoms with E-state index in [1.54, 1.807) is 0 Å². The Morgan fingerprint density at radius 3 is 1.93 bits per heavy atom. The number of aliphatic hydroxyl groups is 1. The van der Waals surface area contributed by atoms with Crippen LogP contribution in [0.25, 0.3) is 0 Å². The maximum Gasteiger partial charge on any atom is 0.126 e. The number of aliphatic hydroxyl groups excluding tert-OH is 1. The average molecular weight is 377 g/mol. The first-order chi connectivity index (χ1) is 13.6. The Labute approximate surface area is 168 Å². The van der Waals surface area contributed by atoms with E-state index in [1.165, 1.54) is 11.1 Å². The van der Waals surface area contributed by atoms with Gasteiger partial charge in [0.2, 0.25) is 0 Å². The molecule has 3 aromatic carbocycles. The quantitative estimate of drug-likeness (QED) is 0.597. The monoisotopic (exact) mass is 376 g/mol. The van der Waals surface area contributed by atoms with E-state index >= 15 is 0 Å². The Hall–Kier alpha value is -2.46. The van der Waals surface area contributed by atoms with Gasteiger partial charge in [-0.3, -0.25) is 0 Å². The highest BCUT2D eigenvalue weighted by Gasteiger charge is 2.18. The SMILES string of the molecule is Cc1ccc([C@@H](OC[C@H](O)C[NH2+][C@H](C)c2ccccc2)c2ccccc2)cc1. The molecule has 0 aromatic heterocycles. The van der Waals surface area contributed by atoms with Gasteiger partial charge in [-0.1, -0.05) is 90.5 Å². The zero-order valence-corrected chi connectivity index (χ0v) is 16.7. The number of ether oxygens (including phenoxy) is 1. The largest absolute Gasteiger partial charge is 0.385 e. The normalized spacial score (nSPS) is 14.4. The van der Waals surface area contributed by atoms with E-state index in [4.69, 9.17) is 4.74 Å². The molecule has 0 bridgehead atoms. The molecule has 0 aliphatic heterocycles. The molecular formula is C25H30NO2+. The zero-order valence-electron chi connectivity index (χ0n) is 16.7. The van der Waals surface area contributed by atoms with Crippen molar-refractivity contribution in [1.82, 2.24) is 0 Å². The first kappa shape index (κ1) is 20.3. The molecule has 0 saturated carbocycles. The molecule has 3 N–H and O–H groups in total. The van der Waals surface area contributed by atoms with Crippen LogP contribution in [0, 0.1) is 6.92 Å². The maximum atomic E-state index is 10.5. The van der Waals surface area contributed by atoms with Gasteiger partial charge < -0.3 is 15.2 Å². The standard InChI is InChI=1S/C25H29NO2/c1-19-13-15-23(16-14-19)25(22-11-7-4-8-12-22)28-18-24(27)17-26-20(2)21-9-5-3-6-10-21/h3-16,20,24-27H,17-18H2,1-2H3/p+1/t20-,24-,25+/m1/s1. The van der Waals surface area contributed by atoms with Crippen molar-refractivity contribution in [3.8, 4) is 0 Å². The predicted molar refractivity (Wildman–Crippen MR) is 113 cm³/mol. The fraction of sp³-hybridized carbons (Fsp3) is 0.280. The third-order valence-corrected chi connectivity index (χ3v) is 5.02. The molecule has 3 heteroatoms. The molecule has 28 heavy (non-hydrogen) atoms. The van der Waals surface area contributed by atoms with Gasteiger partial charge in [0.05, 0.1) is 6.61 Å². The number of hydrogen-bond donors (Lipinski definition) is 2. The van der Waals surface area contributed by atoms with Gasteiger partial charge >= 0.3 is 0 Å². The molecule has 0 saturated heterocycles. The van der Waals surface area contributed by atoms with Gasteiger partial charge in [0.1, 0.15) is 24.8 Å². The summed E-state index contributed by atoms with van der Waals surface area (Å²) in [4.78, 5) is 0. The topological polar surface area (TPSA) is 46.1 Å². The summed E-state index contributed by atoms with van der Waals surface area (Å²) in [5.41, 5.74) is 4.68. The van der Waals surface area contributed by atoms with Gasteiger partial charge in [-0.15, -0.1) is 0 Å². The molecule has 3 nitrogen and oxygen atoms in total. The Morgan fingerprint density at radius 2 is 1.32 bits per heavy atom. The van der Waals surface area contributed by atoms with Crippen molar-refractivity contribution in [1.29, 1.82) is 0 Å². The highest BCUT2D eigenvalue weighted by molar-refractivity contribution is 5.31. The molecule has 0 aliphatic carbocycles. The lowest BCUT2D eigenvalue weighted by Gasteiger charge is -2.21. The zero-order chi connectivity index (χ0) is 19.8. The highest BCUT2D eigenvalue weighted by Crippen LogP contribution is 2.26. The van der Waals surface area contributed by atoms with Crippen LogP contribution in [0.2, 0.25) is 0 Å². The Bertz CT molecular complexity index is 818. The van der Waals surface area contributed by atoms with Crippen LogP contribution < -0.4 is 5.32 Å². The van der Waals surface area contributed by atoms with Crippen molar-refractivity contribution in [3.05, 3.63) is 107 Å². The predicted octanol–water partition coefficient (Wildman–Crippen LogP) is 3.79. The van der Waals surface area contributed by atoms with Crippen LogP contribution in [-0.2, 0) is 4.74 Å². The second kappa shape index (κ2) is 10.2. The van der Waals surface area contributed by atoms with E-state index in [0.717, 1.165) is 11.1 Å². The fourth-order valence-corrected chi connectivity index (χ4v) is 3.28. The minimum atomic E-state index is -0.525. The fourth-order valence-electron chi connectivity index (χ4n) is 3.28. The minimum absolute atomic E-state index is 0.178. The lowest BCUT2D eigenvalue weighted by atomic mass is 10.0. The first-order valence-electron chi connectivity index (χ1n) is 9.93. The van der Waals surface area contributed by atoms with Crippen molar-refractivity contribution >= 4 is 0 Å². The van der Waals surface area contributed by atoms with Gasteiger partial charge in [-0.25, -0.2) is 0 Å². The summed E-state index contributed by atoms with van der Waals surface area (Å²) < 4.78 is 6.18. The summed E-state index contributed by atoms with van der Waals surface area (Å²) in [6.45, 7) is 5.13. The van der Waals surface area contributed by atoms with Crippen LogP contribution in [0.5, 0.6) is 0 Å². The number of nitrogens with two attached hydrogens (primary N) is 1. The Kier molecular flexibility index (Phi) is 7.38. The molecule has 0 fully saturated rings. The summed E-state index contributed by atoms with van der Waals surface area (Å²) in [6.07, 6.45) is -0.703. The molecular weight excluding hydrogens is 346 g/mol. The molecule has 3 rings (SSSR count). The van der Waals surface area contributed by atoms with Gasteiger partial charge in [0.15, 0.2) is 0 Å². The van der Waals surface area contributed by atoms with Crippen LogP contribution in [-0.4, -0.2) is 24.4 Å². The molecule has 0 radical (unpaired) electrons. The summed E-state index contributed by atoms with van der Waals surface area (Å²) in [6, 6.07) is 29.2. The molecule has 0 amide bonds. The summed E-state index contributed by atoms with van der Waals surface area (Å²) in [7, 11) is 0. The molecule has 0 spiro atoms. The molecule has 3 aromatic rings. The summed E-state index contributed by atoms with van der Waals surface area (Å²) >= 11 is 0. The van der Waals surface area contributed by atoms with E-state index in [9.17, 15) is 5.11 Å². The molecule has 0 unspecified atom stereocenters. The first-order valence-corrected chi connectivity index (χ1v) is 9.93. The van der Waals surface area contributed by atoms with Gasteiger partial charge in [-0.05, 0) is 25.0 Å². The van der Waals surface area contributed by atoms with E-state index in [0.29, 0.717) is 19.2 Å². The average Bonchev–Trinajstić information content (AvgIpc) is 2.75. The number of hydrogen-bond acceptors (Lipinski definition) is 2. The van der Waals surface area contributed by atoms with Crippen molar-refractivity contribution in [2.75, 3.05) is 13.2 Å². The van der Waals surface area contributed by atoms with Crippen molar-refractivity contribution in [3.63, 3.8) is 0 Å². The second-order valence-corrected chi connectivity index (χ2v) is 7.36. The van der Waals surface area contributed by atoms with Crippen LogP contribution >= 0.6 is 0 Å². The van der Waals surface area contributed by atoms with Crippen LogP contribution in [0.15, 0.2) is 84.9 Å². The number of aryl methyl sites for hydroxylation is 1. The Morgan fingerprint density at radius 1 is 0.786 bits per heavy atom. The second-order valence-electron chi connectivity index (χ2n) is 7.36. The van der Waals surface area contributed by atoms with E-state index in [2.05, 4.69) is 67.7 Å². The van der Waals surface area contributed by atoms with Crippen molar-refractivity contribution < 1.29 is 15.2 Å². The lowest BCUT2D eigenvalue weighted by Crippen LogP contribution is -2.87. The van der Waals surface area contributed by atoms with Crippen LogP contribution in [0.3, 0.4) is 0 Å². The molecule has 0 heterocycles. The van der Waals surface area contributed by atoms with Gasteiger partial charge in [-0.2, -0.15) is 0 Å². The van der Waals surface area contributed by atoms with E-state index in [-0.39, 0.29) is 6.10 Å². The minimum Gasteiger partial charge on any atom is -0.385 e. The van der Waals surface area contributed by atoms with E-state index in [1.807, 2.05) is 36.4 Å². The summed E-state index contributed by atoms with van der Waals surface area (Å²) in [5, 5.41) is 12.6. The van der Waals surface area contributed by atoms with Crippen LogP contribution in [0.4, 0.5) is 0 Å². The van der Waals surface area contributed by atoms with Gasteiger partial charge in [0, 0.05) is 5.56 Å². The molecule has 0 aliphatic rings. The maximum absolute atomic E-state index is 10.5. The van der Waals surface area contributed by atoms with Crippen LogP contribution in [0.1, 0.15) is 41.3 Å². The number of quaternary nitrogens is 1. The van der Waals surface area contributed by atoms with Gasteiger partial charge in [0.25, 0.3) is 0 Å². The van der Waals surface area contributed by atoms with Crippen molar-refractivity contribution in [2.45, 2.75) is 32.1 Å². The smallest absolute Gasteiger partial charge is 0.126 e. The van der Waals surface area contributed by atoms with Crippen molar-refractivity contribution in [2.24, 2.45) is 0 Å². The molecule has 3 atom stereocenters. The summed E-state index contributed by atoms with van der Waals surface area (Å²) in [5.74, 6) is 0. The highest BCUT2D eigenvalue weighted by atomic mass is 16.5. The lowest BCUT2D eigenvalue weighted by molar-refractivity contribution is -0.698. The third kappa shape index (κ3) is 5.77. The number of benzene rings is 3. The Balaban J connectivity index is 1.59. The molecule has 146 valence electrons. The van der Waals surface area contributed by atoms with E-state index < -0.39 is 6.10 Å². The third-order valence-electron chi connectivity index (χ3n) is 5.02. The number of rotatable bonds is 9.